The van der Waals surface area contributed by atoms with Gasteiger partial charge in [0.15, 0.2) is 11.5 Å². The number of carbonyl (C=O) groups excluding carboxylic acids is 2. The second-order valence-electron chi connectivity index (χ2n) is 7.50. The molecule has 1 fully saturated rings. The highest BCUT2D eigenvalue weighted by Crippen LogP contribution is 2.29. The first-order valence-corrected chi connectivity index (χ1v) is 10.7. The molecule has 2 aromatic carbocycles. The molecule has 0 radical (unpaired) electrons. The number of ether oxygens (including phenoxy) is 2. The summed E-state index contributed by atoms with van der Waals surface area (Å²) in [5.74, 6) is -0.380. The summed E-state index contributed by atoms with van der Waals surface area (Å²) in [5.41, 5.74) is 1.27. The second-order valence-corrected chi connectivity index (χ2v) is 7.94. The summed E-state index contributed by atoms with van der Waals surface area (Å²) in [4.78, 5) is 27.0. The molecule has 172 valence electrons. The average Bonchev–Trinajstić information content (AvgIpc) is 2.79. The summed E-state index contributed by atoms with van der Waals surface area (Å²) < 4.78 is 34.7. The van der Waals surface area contributed by atoms with Crippen molar-refractivity contribution in [3.8, 4) is 11.5 Å². The van der Waals surface area contributed by atoms with Crippen LogP contribution in [-0.4, -0.2) is 50.1 Å². The third-order valence-corrected chi connectivity index (χ3v) is 5.58. The topological polar surface area (TPSA) is 67.9 Å². The zero-order chi connectivity index (χ0) is 23.1. The van der Waals surface area contributed by atoms with Crippen molar-refractivity contribution in [1.82, 2.24) is 10.2 Å². The van der Waals surface area contributed by atoms with E-state index in [1.54, 1.807) is 41.3 Å². The van der Waals surface area contributed by atoms with Crippen molar-refractivity contribution in [2.45, 2.75) is 25.9 Å². The maximum Gasteiger partial charge on any atom is 0.387 e. The Morgan fingerprint density at radius 1 is 1.19 bits per heavy atom. The highest BCUT2D eigenvalue weighted by atomic mass is 35.5. The highest BCUT2D eigenvalue weighted by molar-refractivity contribution is 6.30. The van der Waals surface area contributed by atoms with Crippen LogP contribution in [0.5, 0.6) is 11.5 Å². The van der Waals surface area contributed by atoms with Crippen molar-refractivity contribution in [2.24, 2.45) is 5.92 Å². The molecule has 1 heterocycles. The van der Waals surface area contributed by atoms with Gasteiger partial charge >= 0.3 is 6.61 Å². The molecule has 1 N–H and O–H groups in total. The predicted molar refractivity (Wildman–Crippen MR) is 116 cm³/mol. The maximum absolute atomic E-state index is 12.7. The predicted octanol–water partition coefficient (Wildman–Crippen LogP) is 4.16. The van der Waals surface area contributed by atoms with Gasteiger partial charge < -0.3 is 19.7 Å². The summed E-state index contributed by atoms with van der Waals surface area (Å²) in [5, 5.41) is 3.44. The SMILES string of the molecule is COc1ccc(CCNC(=O)C2CCCN(C(=O)c3ccc(Cl)cc3)C2)cc1OC(F)F. The Morgan fingerprint density at radius 2 is 1.94 bits per heavy atom. The van der Waals surface area contributed by atoms with Crippen molar-refractivity contribution >= 4 is 23.4 Å². The summed E-state index contributed by atoms with van der Waals surface area (Å²) in [6.07, 6.45) is 1.88. The number of rotatable bonds is 8. The van der Waals surface area contributed by atoms with E-state index in [4.69, 9.17) is 16.3 Å². The van der Waals surface area contributed by atoms with Crippen LogP contribution < -0.4 is 14.8 Å². The van der Waals surface area contributed by atoms with Crippen LogP contribution in [0.2, 0.25) is 5.02 Å². The van der Waals surface area contributed by atoms with E-state index in [1.165, 1.54) is 13.2 Å². The third-order valence-electron chi connectivity index (χ3n) is 5.33. The number of nitrogens with one attached hydrogen (secondary N) is 1. The standard InChI is InChI=1S/C23H25ClF2N2O4/c1-31-19-9-4-15(13-20(19)32-23(25)26)10-11-27-21(29)17-3-2-12-28(14-17)22(30)16-5-7-18(24)8-6-16/h4-9,13,17,23H,2-3,10-12,14H2,1H3,(H,27,29). The van der Waals surface area contributed by atoms with E-state index in [2.05, 4.69) is 10.1 Å². The monoisotopic (exact) mass is 466 g/mol. The highest BCUT2D eigenvalue weighted by Gasteiger charge is 2.28. The van der Waals surface area contributed by atoms with E-state index >= 15 is 0 Å². The van der Waals surface area contributed by atoms with Crippen LogP contribution in [0.1, 0.15) is 28.8 Å². The molecule has 0 aromatic heterocycles. The Bertz CT molecular complexity index is 940. The van der Waals surface area contributed by atoms with Gasteiger partial charge in [0.1, 0.15) is 0 Å². The van der Waals surface area contributed by atoms with Gasteiger partial charge in [-0.3, -0.25) is 9.59 Å². The van der Waals surface area contributed by atoms with Gasteiger partial charge in [0, 0.05) is 30.2 Å². The van der Waals surface area contributed by atoms with Crippen LogP contribution in [0.15, 0.2) is 42.5 Å². The number of halogens is 3. The van der Waals surface area contributed by atoms with Crippen molar-refractivity contribution in [1.29, 1.82) is 0 Å². The Balaban J connectivity index is 1.52. The number of likely N-dealkylation sites (tertiary alicyclic amines) is 1. The van der Waals surface area contributed by atoms with Crippen LogP contribution in [0.3, 0.4) is 0 Å². The van der Waals surface area contributed by atoms with E-state index < -0.39 is 6.61 Å². The van der Waals surface area contributed by atoms with E-state index in [9.17, 15) is 18.4 Å². The van der Waals surface area contributed by atoms with E-state index in [0.29, 0.717) is 43.1 Å². The fourth-order valence-electron chi connectivity index (χ4n) is 3.69. The van der Waals surface area contributed by atoms with Crippen LogP contribution in [-0.2, 0) is 11.2 Å². The lowest BCUT2D eigenvalue weighted by Crippen LogP contribution is -2.45. The van der Waals surface area contributed by atoms with E-state index in [0.717, 1.165) is 12.0 Å². The third kappa shape index (κ3) is 6.32. The zero-order valence-corrected chi connectivity index (χ0v) is 18.4. The zero-order valence-electron chi connectivity index (χ0n) is 17.7. The van der Waals surface area contributed by atoms with Crippen molar-refractivity contribution in [3.05, 3.63) is 58.6 Å². The number of hydrogen-bond donors (Lipinski definition) is 1. The molecular weight excluding hydrogens is 442 g/mol. The van der Waals surface area contributed by atoms with Crippen molar-refractivity contribution in [3.63, 3.8) is 0 Å². The lowest BCUT2D eigenvalue weighted by Gasteiger charge is -2.32. The van der Waals surface area contributed by atoms with Crippen molar-refractivity contribution in [2.75, 3.05) is 26.7 Å². The molecule has 0 saturated carbocycles. The van der Waals surface area contributed by atoms with Crippen LogP contribution in [0.4, 0.5) is 8.78 Å². The lowest BCUT2D eigenvalue weighted by molar-refractivity contribution is -0.126. The van der Waals surface area contributed by atoms with Gasteiger partial charge in [0.05, 0.1) is 13.0 Å². The molecule has 32 heavy (non-hydrogen) atoms. The summed E-state index contributed by atoms with van der Waals surface area (Å²) >= 11 is 5.88. The molecule has 0 aliphatic carbocycles. The minimum atomic E-state index is -2.95. The van der Waals surface area contributed by atoms with Gasteiger partial charge in [-0.15, -0.1) is 0 Å². The molecule has 3 rings (SSSR count). The van der Waals surface area contributed by atoms with Gasteiger partial charge in [-0.1, -0.05) is 17.7 Å². The molecule has 2 amide bonds. The molecular formula is C23H25ClF2N2O4. The lowest BCUT2D eigenvalue weighted by atomic mass is 9.96. The van der Waals surface area contributed by atoms with Crippen molar-refractivity contribution < 1.29 is 27.8 Å². The molecule has 1 aliphatic rings. The average molecular weight is 467 g/mol. The minimum absolute atomic E-state index is 0.0463. The number of piperidine rings is 1. The summed E-state index contributed by atoms with van der Waals surface area (Å²) in [6.45, 7) is -1.67. The number of hydrogen-bond acceptors (Lipinski definition) is 4. The van der Waals surface area contributed by atoms with Gasteiger partial charge in [0.2, 0.25) is 5.91 Å². The molecule has 1 saturated heterocycles. The molecule has 1 atom stereocenters. The number of alkyl halides is 2. The van der Waals surface area contributed by atoms with Gasteiger partial charge in [-0.25, -0.2) is 0 Å². The minimum Gasteiger partial charge on any atom is -0.493 e. The quantitative estimate of drug-likeness (QED) is 0.634. The molecule has 2 aromatic rings. The molecule has 6 nitrogen and oxygen atoms in total. The summed E-state index contributed by atoms with van der Waals surface area (Å²) in [6, 6.07) is 11.4. The Kier molecular flexibility index (Phi) is 8.27. The first kappa shape index (κ1) is 23.8. The Morgan fingerprint density at radius 3 is 2.62 bits per heavy atom. The number of carbonyl (C=O) groups is 2. The van der Waals surface area contributed by atoms with Crippen LogP contribution >= 0.6 is 11.6 Å². The van der Waals surface area contributed by atoms with Gasteiger partial charge in [-0.05, 0) is 61.2 Å². The van der Waals surface area contributed by atoms with Gasteiger partial charge in [0.25, 0.3) is 5.91 Å². The summed E-state index contributed by atoms with van der Waals surface area (Å²) in [7, 11) is 1.37. The van der Waals surface area contributed by atoms with Gasteiger partial charge in [-0.2, -0.15) is 8.78 Å². The molecule has 1 aliphatic heterocycles. The Labute approximate surface area is 190 Å². The van der Waals surface area contributed by atoms with E-state index in [1.807, 2.05) is 0 Å². The largest absolute Gasteiger partial charge is 0.493 e. The first-order chi connectivity index (χ1) is 15.4. The number of nitrogens with zero attached hydrogens (tertiary/aromatic N) is 1. The Hall–Kier alpha value is -2.87. The number of amides is 2. The molecule has 1 unspecified atom stereocenters. The number of benzene rings is 2. The number of methoxy groups -OCH3 is 1. The smallest absolute Gasteiger partial charge is 0.387 e. The fraction of sp³-hybridized carbons (Fsp3) is 0.391. The maximum atomic E-state index is 12.7. The van der Waals surface area contributed by atoms with Crippen LogP contribution in [0.25, 0.3) is 0 Å². The molecule has 0 spiro atoms. The first-order valence-electron chi connectivity index (χ1n) is 10.3. The molecule has 0 bridgehead atoms. The van der Waals surface area contributed by atoms with E-state index in [-0.39, 0.29) is 29.2 Å². The second kappa shape index (κ2) is 11.1. The van der Waals surface area contributed by atoms with Crippen LogP contribution in [0, 0.1) is 5.92 Å². The normalized spacial score (nSPS) is 16.0. The fourth-order valence-corrected chi connectivity index (χ4v) is 3.82. The molecule has 9 heteroatoms.